The van der Waals surface area contributed by atoms with Crippen molar-refractivity contribution in [2.75, 3.05) is 0 Å². The average molecular weight is 334 g/mol. The minimum absolute atomic E-state index is 0.117. The van der Waals surface area contributed by atoms with Crippen molar-refractivity contribution in [3.05, 3.63) is 34.5 Å². The van der Waals surface area contributed by atoms with Gasteiger partial charge in [0.2, 0.25) is 19.1 Å². The standard InChI is InChI=1S/C12H9BBrN3O3/c14-6-1-2-8-7(3-6)13-9(15-8)4-10-16-17-11(20-10)5-12(18)19/h1-3,13H,4-5H2,(H,18,19). The molecule has 0 radical (unpaired) electrons. The number of hydrogen-bond donors (Lipinski definition) is 1. The number of carboxylic acid groups (broad SMARTS) is 1. The molecule has 1 aliphatic rings. The summed E-state index contributed by atoms with van der Waals surface area (Å²) in [6.45, 7) is 0. The predicted molar refractivity (Wildman–Crippen MR) is 77.4 cm³/mol. The number of aliphatic imine (C=N–C) groups is 1. The lowest BCUT2D eigenvalue weighted by molar-refractivity contribution is -0.136. The molecule has 0 unspecified atom stereocenters. The lowest BCUT2D eigenvalue weighted by Gasteiger charge is -1.95. The lowest BCUT2D eigenvalue weighted by atomic mass is 9.66. The number of nitrogens with zero attached hydrogens (tertiary/aromatic N) is 3. The summed E-state index contributed by atoms with van der Waals surface area (Å²) in [7, 11) is 0.741. The van der Waals surface area contributed by atoms with Crippen molar-refractivity contribution in [3.63, 3.8) is 0 Å². The van der Waals surface area contributed by atoms with Crippen LogP contribution in [-0.2, 0) is 17.6 Å². The van der Waals surface area contributed by atoms with Crippen molar-refractivity contribution in [1.29, 1.82) is 0 Å². The molecular formula is C12H9BBrN3O3. The van der Waals surface area contributed by atoms with E-state index in [0.29, 0.717) is 12.3 Å². The van der Waals surface area contributed by atoms with Gasteiger partial charge in [-0.3, -0.25) is 9.79 Å². The molecule has 0 bridgehead atoms. The number of halogens is 1. The van der Waals surface area contributed by atoms with Gasteiger partial charge in [0.25, 0.3) is 0 Å². The third-order valence-electron chi connectivity index (χ3n) is 2.88. The van der Waals surface area contributed by atoms with Gasteiger partial charge < -0.3 is 9.52 Å². The van der Waals surface area contributed by atoms with Crippen molar-refractivity contribution in [1.82, 2.24) is 10.2 Å². The highest BCUT2D eigenvalue weighted by atomic mass is 79.9. The Labute approximate surface area is 123 Å². The Morgan fingerprint density at radius 3 is 2.95 bits per heavy atom. The Balaban J connectivity index is 1.71. The van der Waals surface area contributed by atoms with E-state index in [9.17, 15) is 4.79 Å². The van der Waals surface area contributed by atoms with Crippen LogP contribution in [0.1, 0.15) is 11.8 Å². The second-order valence-corrected chi connectivity index (χ2v) is 5.38. The van der Waals surface area contributed by atoms with Gasteiger partial charge in [0.1, 0.15) is 6.42 Å². The molecule has 0 saturated carbocycles. The maximum absolute atomic E-state index is 10.5. The number of carboxylic acids is 1. The van der Waals surface area contributed by atoms with E-state index in [1.54, 1.807) is 0 Å². The summed E-state index contributed by atoms with van der Waals surface area (Å²) in [4.78, 5) is 15.1. The predicted octanol–water partition coefficient (Wildman–Crippen LogP) is 0.807. The third-order valence-corrected chi connectivity index (χ3v) is 3.37. The number of aromatic nitrogens is 2. The Kier molecular flexibility index (Phi) is 3.39. The summed E-state index contributed by atoms with van der Waals surface area (Å²) in [5, 5.41) is 16.2. The summed E-state index contributed by atoms with van der Waals surface area (Å²) in [5.74, 6) is -0.478. The lowest BCUT2D eigenvalue weighted by Crippen LogP contribution is -2.19. The second-order valence-electron chi connectivity index (χ2n) is 4.46. The maximum atomic E-state index is 10.5. The number of rotatable bonds is 4. The van der Waals surface area contributed by atoms with Crippen LogP contribution in [0.5, 0.6) is 0 Å². The first-order valence-electron chi connectivity index (χ1n) is 5.98. The van der Waals surface area contributed by atoms with Crippen LogP contribution >= 0.6 is 15.9 Å². The van der Waals surface area contributed by atoms with Crippen molar-refractivity contribution in [2.45, 2.75) is 12.8 Å². The first-order chi connectivity index (χ1) is 9.60. The Hall–Kier alpha value is -1.96. The summed E-state index contributed by atoms with van der Waals surface area (Å²) in [6, 6.07) is 5.94. The van der Waals surface area contributed by atoms with Crippen LogP contribution in [0.3, 0.4) is 0 Å². The monoisotopic (exact) mass is 333 g/mol. The first-order valence-corrected chi connectivity index (χ1v) is 6.77. The van der Waals surface area contributed by atoms with Gasteiger partial charge in [-0.15, -0.1) is 10.2 Å². The Morgan fingerprint density at radius 2 is 2.15 bits per heavy atom. The molecule has 2 heterocycles. The number of aliphatic carboxylic acids is 1. The minimum atomic E-state index is -0.990. The number of fused-ring (bicyclic) bond motifs is 1. The topological polar surface area (TPSA) is 88.6 Å². The molecule has 0 spiro atoms. The molecule has 0 fully saturated rings. The molecule has 3 rings (SSSR count). The SMILES string of the molecule is O=C(O)Cc1nnc(CC2=Nc3ccc(Br)cc3B2)o1. The fraction of sp³-hybridized carbons (Fsp3) is 0.167. The molecule has 1 aliphatic heterocycles. The van der Waals surface area contributed by atoms with E-state index in [1.807, 2.05) is 18.2 Å². The summed E-state index contributed by atoms with van der Waals surface area (Å²) >= 11 is 3.43. The van der Waals surface area contributed by atoms with E-state index in [1.165, 1.54) is 0 Å². The van der Waals surface area contributed by atoms with E-state index >= 15 is 0 Å². The molecule has 0 saturated heterocycles. The van der Waals surface area contributed by atoms with E-state index < -0.39 is 5.97 Å². The van der Waals surface area contributed by atoms with Crippen LogP contribution in [0.15, 0.2) is 32.1 Å². The van der Waals surface area contributed by atoms with Gasteiger partial charge in [-0.05, 0) is 17.7 Å². The number of hydrogen-bond acceptors (Lipinski definition) is 5. The summed E-state index contributed by atoms with van der Waals surface area (Å²) in [6.07, 6.45) is 0.186. The van der Waals surface area contributed by atoms with E-state index in [4.69, 9.17) is 9.52 Å². The summed E-state index contributed by atoms with van der Waals surface area (Å²) < 4.78 is 6.31. The average Bonchev–Trinajstić information content (AvgIpc) is 2.95. The molecule has 1 aromatic carbocycles. The van der Waals surface area contributed by atoms with Crippen LogP contribution < -0.4 is 5.46 Å². The molecule has 0 atom stereocenters. The largest absolute Gasteiger partial charge is 0.481 e. The Bertz CT molecular complexity index is 714. The van der Waals surface area contributed by atoms with Gasteiger partial charge in [0.05, 0.1) is 12.1 Å². The molecule has 0 amide bonds. The van der Waals surface area contributed by atoms with Gasteiger partial charge in [-0.25, -0.2) is 0 Å². The minimum Gasteiger partial charge on any atom is -0.481 e. The second kappa shape index (κ2) is 5.20. The van der Waals surface area contributed by atoms with Gasteiger partial charge in [-0.1, -0.05) is 27.5 Å². The van der Waals surface area contributed by atoms with Gasteiger partial charge in [0, 0.05) is 4.47 Å². The van der Waals surface area contributed by atoms with Crippen molar-refractivity contribution in [3.8, 4) is 0 Å². The highest BCUT2D eigenvalue weighted by molar-refractivity contribution is 9.10. The molecule has 0 aliphatic carbocycles. The first kappa shape index (κ1) is 13.0. The smallest absolute Gasteiger partial charge is 0.312 e. The van der Waals surface area contributed by atoms with E-state index in [0.717, 1.165) is 28.5 Å². The summed E-state index contributed by atoms with van der Waals surface area (Å²) in [5.41, 5.74) is 3.04. The highest BCUT2D eigenvalue weighted by Crippen LogP contribution is 2.19. The zero-order valence-electron chi connectivity index (χ0n) is 10.3. The maximum Gasteiger partial charge on any atom is 0.312 e. The molecule has 8 heteroatoms. The third kappa shape index (κ3) is 2.80. The molecule has 1 aromatic heterocycles. The van der Waals surface area contributed by atoms with Crippen LogP contribution in [0, 0.1) is 0 Å². The zero-order valence-corrected chi connectivity index (χ0v) is 11.9. The molecule has 1 N–H and O–H groups in total. The van der Waals surface area contributed by atoms with Gasteiger partial charge in [-0.2, -0.15) is 0 Å². The quantitative estimate of drug-likeness (QED) is 0.836. The molecule has 100 valence electrons. The number of carbonyl (C=O) groups is 1. The zero-order chi connectivity index (χ0) is 14.1. The molecule has 2 aromatic rings. The number of benzene rings is 1. The highest BCUT2D eigenvalue weighted by Gasteiger charge is 2.19. The fourth-order valence-corrected chi connectivity index (χ4v) is 2.48. The van der Waals surface area contributed by atoms with Crippen LogP contribution in [0.4, 0.5) is 5.69 Å². The van der Waals surface area contributed by atoms with Crippen molar-refractivity contribution >= 4 is 45.9 Å². The molecule has 6 nitrogen and oxygen atoms in total. The van der Waals surface area contributed by atoms with Crippen LogP contribution in [0.25, 0.3) is 0 Å². The van der Waals surface area contributed by atoms with E-state index in [-0.39, 0.29) is 12.3 Å². The molecular weight excluding hydrogens is 325 g/mol. The van der Waals surface area contributed by atoms with Crippen LogP contribution in [-0.4, -0.2) is 34.2 Å². The van der Waals surface area contributed by atoms with Gasteiger partial charge >= 0.3 is 5.97 Å². The molecule has 20 heavy (non-hydrogen) atoms. The normalized spacial score (nSPS) is 12.8. The van der Waals surface area contributed by atoms with Crippen LogP contribution in [0.2, 0.25) is 0 Å². The van der Waals surface area contributed by atoms with Crippen molar-refractivity contribution < 1.29 is 14.3 Å². The van der Waals surface area contributed by atoms with E-state index in [2.05, 4.69) is 31.1 Å². The van der Waals surface area contributed by atoms with Gasteiger partial charge in [0.15, 0.2) is 0 Å². The fourth-order valence-electron chi connectivity index (χ4n) is 2.07. The van der Waals surface area contributed by atoms with Crippen molar-refractivity contribution in [2.24, 2.45) is 4.99 Å². The Morgan fingerprint density at radius 1 is 1.35 bits per heavy atom.